The highest BCUT2D eigenvalue weighted by Gasteiger charge is 2.20. The molecule has 2 unspecified atom stereocenters. The molecular formula is C21H27NO4. The summed E-state index contributed by atoms with van der Waals surface area (Å²) in [6, 6.07) is 14.9. The molecule has 2 aromatic rings. The second-order valence-corrected chi connectivity index (χ2v) is 6.22. The van der Waals surface area contributed by atoms with Crippen LogP contribution in [0.1, 0.15) is 25.8 Å². The quantitative estimate of drug-likeness (QED) is 0.743. The van der Waals surface area contributed by atoms with Crippen LogP contribution in [-0.2, 0) is 4.79 Å². The molecule has 2 rings (SSSR count). The minimum Gasteiger partial charge on any atom is -0.497 e. The number of rotatable bonds is 9. The Labute approximate surface area is 155 Å². The first-order valence-electron chi connectivity index (χ1n) is 8.82. The van der Waals surface area contributed by atoms with E-state index in [-0.39, 0.29) is 11.9 Å². The zero-order valence-corrected chi connectivity index (χ0v) is 15.8. The molecule has 2 atom stereocenters. The van der Waals surface area contributed by atoms with Crippen molar-refractivity contribution in [2.75, 3.05) is 13.7 Å². The molecule has 0 spiro atoms. The number of hydrogen-bond acceptors (Lipinski definition) is 4. The van der Waals surface area contributed by atoms with E-state index in [1.807, 2.05) is 45.0 Å². The highest BCUT2D eigenvalue weighted by atomic mass is 16.5. The van der Waals surface area contributed by atoms with E-state index >= 15 is 0 Å². The first-order chi connectivity index (χ1) is 12.5. The second kappa shape index (κ2) is 9.70. The summed E-state index contributed by atoms with van der Waals surface area (Å²) in [7, 11) is 1.61. The van der Waals surface area contributed by atoms with Crippen molar-refractivity contribution in [1.29, 1.82) is 0 Å². The molecule has 1 amide bonds. The number of hydrogen-bond donors (Lipinski definition) is 1. The molecule has 0 aliphatic rings. The Kier molecular flexibility index (Phi) is 7.33. The largest absolute Gasteiger partial charge is 0.497 e. The van der Waals surface area contributed by atoms with Crippen LogP contribution in [0.2, 0.25) is 0 Å². The molecule has 0 saturated heterocycles. The van der Waals surface area contributed by atoms with Crippen LogP contribution in [0.4, 0.5) is 0 Å². The summed E-state index contributed by atoms with van der Waals surface area (Å²) in [5.41, 5.74) is 1.18. The number of carbonyl (C=O) groups excluding carboxylic acids is 1. The Morgan fingerprint density at radius 3 is 2.15 bits per heavy atom. The Morgan fingerprint density at radius 2 is 1.58 bits per heavy atom. The topological polar surface area (TPSA) is 56.8 Å². The standard InChI is InChI=1S/C21H27NO4/c1-5-20(26-19-12-10-17(24-4)11-13-19)21(23)22-16(3)14-25-18-8-6-15(2)7-9-18/h6-13,16,20H,5,14H2,1-4H3,(H,22,23). The molecule has 0 aliphatic carbocycles. The first kappa shape index (κ1) is 19.6. The SMILES string of the molecule is CCC(Oc1ccc(OC)cc1)C(=O)NC(C)COc1ccc(C)cc1. The maximum Gasteiger partial charge on any atom is 0.261 e. The van der Waals surface area contributed by atoms with E-state index in [0.29, 0.717) is 18.8 Å². The van der Waals surface area contributed by atoms with Crippen LogP contribution in [0.5, 0.6) is 17.2 Å². The lowest BCUT2D eigenvalue weighted by Crippen LogP contribution is -2.44. The number of nitrogens with one attached hydrogen (secondary N) is 1. The maximum atomic E-state index is 12.5. The van der Waals surface area contributed by atoms with Gasteiger partial charge in [0.1, 0.15) is 23.9 Å². The van der Waals surface area contributed by atoms with Gasteiger partial charge < -0.3 is 19.5 Å². The number of amides is 1. The summed E-state index contributed by atoms with van der Waals surface area (Å²) < 4.78 is 16.6. The number of aryl methyl sites for hydroxylation is 1. The smallest absolute Gasteiger partial charge is 0.261 e. The third-order valence-electron chi connectivity index (χ3n) is 3.91. The number of ether oxygens (including phenoxy) is 3. The van der Waals surface area contributed by atoms with Gasteiger partial charge in [0.05, 0.1) is 13.2 Å². The molecule has 0 aromatic heterocycles. The lowest BCUT2D eigenvalue weighted by Gasteiger charge is -2.21. The molecule has 0 aliphatic heterocycles. The first-order valence-corrected chi connectivity index (χ1v) is 8.82. The normalized spacial score (nSPS) is 12.8. The van der Waals surface area contributed by atoms with Crippen LogP contribution in [-0.4, -0.2) is 31.8 Å². The maximum absolute atomic E-state index is 12.5. The van der Waals surface area contributed by atoms with Crippen LogP contribution < -0.4 is 19.5 Å². The van der Waals surface area contributed by atoms with Gasteiger partial charge in [0.25, 0.3) is 5.91 Å². The van der Waals surface area contributed by atoms with E-state index in [1.54, 1.807) is 31.4 Å². The number of benzene rings is 2. The Hall–Kier alpha value is -2.69. The van der Waals surface area contributed by atoms with Gasteiger partial charge in [0.15, 0.2) is 6.10 Å². The zero-order chi connectivity index (χ0) is 18.9. The van der Waals surface area contributed by atoms with E-state index in [2.05, 4.69) is 5.32 Å². The van der Waals surface area contributed by atoms with Crippen molar-refractivity contribution in [3.05, 3.63) is 54.1 Å². The molecule has 0 heterocycles. The van der Waals surface area contributed by atoms with Gasteiger partial charge in [0.2, 0.25) is 0 Å². The Balaban J connectivity index is 1.83. The predicted molar refractivity (Wildman–Crippen MR) is 102 cm³/mol. The van der Waals surface area contributed by atoms with E-state index in [1.165, 1.54) is 5.56 Å². The average molecular weight is 357 g/mol. The summed E-state index contributed by atoms with van der Waals surface area (Å²) in [6.07, 6.45) is 0.0221. The average Bonchev–Trinajstić information content (AvgIpc) is 2.66. The third-order valence-corrected chi connectivity index (χ3v) is 3.91. The minimum atomic E-state index is -0.551. The van der Waals surface area contributed by atoms with E-state index in [9.17, 15) is 4.79 Å². The van der Waals surface area contributed by atoms with Crippen LogP contribution in [0.25, 0.3) is 0 Å². The third kappa shape index (κ3) is 5.99. The van der Waals surface area contributed by atoms with Crippen LogP contribution in [0, 0.1) is 6.92 Å². The summed E-state index contributed by atoms with van der Waals surface area (Å²) in [5.74, 6) is 2.02. The van der Waals surface area contributed by atoms with Gasteiger partial charge in [0, 0.05) is 0 Å². The fraction of sp³-hybridized carbons (Fsp3) is 0.381. The van der Waals surface area contributed by atoms with Gasteiger partial charge in [-0.2, -0.15) is 0 Å². The molecule has 0 bridgehead atoms. The Bertz CT molecular complexity index is 682. The molecular weight excluding hydrogens is 330 g/mol. The number of methoxy groups -OCH3 is 1. The minimum absolute atomic E-state index is 0.127. The van der Waals surface area contributed by atoms with E-state index in [0.717, 1.165) is 11.5 Å². The van der Waals surface area contributed by atoms with Crippen molar-refractivity contribution in [3.63, 3.8) is 0 Å². The van der Waals surface area contributed by atoms with Gasteiger partial charge in [-0.3, -0.25) is 4.79 Å². The predicted octanol–water partition coefficient (Wildman–Crippen LogP) is 3.74. The van der Waals surface area contributed by atoms with Crippen LogP contribution in [0.15, 0.2) is 48.5 Å². The van der Waals surface area contributed by atoms with Gasteiger partial charge >= 0.3 is 0 Å². The van der Waals surface area contributed by atoms with Gasteiger partial charge in [-0.25, -0.2) is 0 Å². The molecule has 2 aromatic carbocycles. The van der Waals surface area contributed by atoms with Gasteiger partial charge in [-0.1, -0.05) is 24.6 Å². The zero-order valence-electron chi connectivity index (χ0n) is 15.8. The van der Waals surface area contributed by atoms with Crippen molar-refractivity contribution in [2.24, 2.45) is 0 Å². The lowest BCUT2D eigenvalue weighted by atomic mass is 10.2. The molecule has 1 N–H and O–H groups in total. The molecule has 26 heavy (non-hydrogen) atoms. The van der Waals surface area contributed by atoms with Crippen molar-refractivity contribution < 1.29 is 19.0 Å². The van der Waals surface area contributed by atoms with E-state index in [4.69, 9.17) is 14.2 Å². The van der Waals surface area contributed by atoms with Gasteiger partial charge in [-0.05, 0) is 56.7 Å². The van der Waals surface area contributed by atoms with Crippen molar-refractivity contribution in [1.82, 2.24) is 5.32 Å². The van der Waals surface area contributed by atoms with Gasteiger partial charge in [-0.15, -0.1) is 0 Å². The fourth-order valence-corrected chi connectivity index (χ4v) is 2.37. The number of carbonyl (C=O) groups is 1. The second-order valence-electron chi connectivity index (χ2n) is 6.22. The fourth-order valence-electron chi connectivity index (χ4n) is 2.37. The molecule has 0 fully saturated rings. The van der Waals surface area contributed by atoms with E-state index < -0.39 is 6.10 Å². The van der Waals surface area contributed by atoms with Crippen LogP contribution in [0.3, 0.4) is 0 Å². The molecule has 5 nitrogen and oxygen atoms in total. The van der Waals surface area contributed by atoms with Crippen LogP contribution >= 0.6 is 0 Å². The highest BCUT2D eigenvalue weighted by Crippen LogP contribution is 2.19. The monoisotopic (exact) mass is 357 g/mol. The van der Waals surface area contributed by atoms with Crippen molar-refractivity contribution >= 4 is 5.91 Å². The summed E-state index contributed by atoms with van der Waals surface area (Å²) in [5, 5.41) is 2.94. The van der Waals surface area contributed by atoms with Crippen molar-refractivity contribution in [2.45, 2.75) is 39.3 Å². The summed E-state index contributed by atoms with van der Waals surface area (Å²) in [6.45, 7) is 6.25. The highest BCUT2D eigenvalue weighted by molar-refractivity contribution is 5.81. The lowest BCUT2D eigenvalue weighted by molar-refractivity contribution is -0.128. The molecule has 0 saturated carbocycles. The Morgan fingerprint density at radius 1 is 1.00 bits per heavy atom. The molecule has 0 radical (unpaired) electrons. The molecule has 5 heteroatoms. The summed E-state index contributed by atoms with van der Waals surface area (Å²) >= 11 is 0. The van der Waals surface area contributed by atoms with Crippen molar-refractivity contribution in [3.8, 4) is 17.2 Å². The summed E-state index contributed by atoms with van der Waals surface area (Å²) in [4.78, 5) is 12.5. The molecule has 140 valence electrons.